The van der Waals surface area contributed by atoms with Gasteiger partial charge in [-0.15, -0.1) is 11.3 Å². The Bertz CT molecular complexity index is 272. The van der Waals surface area contributed by atoms with E-state index in [1.165, 1.54) is 11.3 Å². The molecule has 4 nitrogen and oxygen atoms in total. The minimum absolute atomic E-state index is 0.332. The van der Waals surface area contributed by atoms with E-state index in [1.54, 1.807) is 12.4 Å². The molecule has 0 unspecified atom stereocenters. The fraction of sp³-hybridized carbons (Fsp3) is 0.429. The Morgan fingerprint density at radius 2 is 2.58 bits per heavy atom. The number of nitrogens with two attached hydrogens (primary N) is 1. The second kappa shape index (κ2) is 4.18. The van der Waals surface area contributed by atoms with Gasteiger partial charge in [0.05, 0.1) is 17.0 Å². The van der Waals surface area contributed by atoms with Gasteiger partial charge in [0.2, 0.25) is 0 Å². The van der Waals surface area contributed by atoms with Gasteiger partial charge < -0.3 is 10.5 Å². The van der Waals surface area contributed by atoms with Gasteiger partial charge in [0.15, 0.2) is 5.69 Å². The maximum atomic E-state index is 11.2. The zero-order valence-electron chi connectivity index (χ0n) is 6.74. The summed E-state index contributed by atoms with van der Waals surface area (Å²) in [6.07, 6.45) is 0. The summed E-state index contributed by atoms with van der Waals surface area (Å²) in [5.74, 6) is -0.390. The van der Waals surface area contributed by atoms with Gasteiger partial charge in [-0.2, -0.15) is 0 Å². The van der Waals surface area contributed by atoms with E-state index in [1.807, 2.05) is 0 Å². The highest BCUT2D eigenvalue weighted by atomic mass is 32.1. The van der Waals surface area contributed by atoms with Crippen LogP contribution in [0.15, 0.2) is 5.51 Å². The topological polar surface area (TPSA) is 65.2 Å². The maximum Gasteiger partial charge on any atom is 0.358 e. The van der Waals surface area contributed by atoms with Gasteiger partial charge in [0.25, 0.3) is 0 Å². The second-order valence-electron chi connectivity index (χ2n) is 2.05. The number of carbonyl (C=O) groups is 1. The highest BCUT2D eigenvalue weighted by Crippen LogP contribution is 2.12. The molecule has 0 aliphatic heterocycles. The molecule has 0 radical (unpaired) electrons. The highest BCUT2D eigenvalue weighted by molar-refractivity contribution is 7.09. The van der Waals surface area contributed by atoms with Crippen molar-refractivity contribution in [3.63, 3.8) is 0 Å². The molecule has 0 aromatic carbocycles. The van der Waals surface area contributed by atoms with Gasteiger partial charge in [-0.1, -0.05) is 0 Å². The monoisotopic (exact) mass is 186 g/mol. The Labute approximate surface area is 74.4 Å². The van der Waals surface area contributed by atoms with Crippen molar-refractivity contribution in [2.24, 2.45) is 5.73 Å². The quantitative estimate of drug-likeness (QED) is 0.708. The van der Waals surface area contributed by atoms with E-state index in [0.717, 1.165) is 4.88 Å². The molecular weight excluding hydrogens is 176 g/mol. The van der Waals surface area contributed by atoms with Crippen molar-refractivity contribution in [3.05, 3.63) is 16.1 Å². The average molecular weight is 186 g/mol. The smallest absolute Gasteiger partial charge is 0.358 e. The van der Waals surface area contributed by atoms with Crippen molar-refractivity contribution in [1.29, 1.82) is 0 Å². The third-order valence-electron chi connectivity index (χ3n) is 1.30. The van der Waals surface area contributed by atoms with E-state index in [0.29, 0.717) is 18.8 Å². The van der Waals surface area contributed by atoms with Crippen LogP contribution in [0.2, 0.25) is 0 Å². The summed E-state index contributed by atoms with van der Waals surface area (Å²) < 4.78 is 4.78. The molecule has 0 fully saturated rings. The average Bonchev–Trinajstić information content (AvgIpc) is 2.51. The van der Waals surface area contributed by atoms with Crippen molar-refractivity contribution in [1.82, 2.24) is 4.98 Å². The Morgan fingerprint density at radius 3 is 3.17 bits per heavy atom. The number of esters is 1. The van der Waals surface area contributed by atoms with E-state index in [-0.39, 0.29) is 5.97 Å². The number of aromatic nitrogens is 1. The number of ether oxygens (including phenoxy) is 1. The number of carbonyl (C=O) groups excluding carboxylic acids is 1. The van der Waals surface area contributed by atoms with Crippen molar-refractivity contribution in [2.75, 3.05) is 6.61 Å². The first-order valence-corrected chi connectivity index (χ1v) is 4.47. The molecule has 12 heavy (non-hydrogen) atoms. The van der Waals surface area contributed by atoms with Gasteiger partial charge in [-0.25, -0.2) is 9.78 Å². The summed E-state index contributed by atoms with van der Waals surface area (Å²) in [5.41, 5.74) is 7.33. The largest absolute Gasteiger partial charge is 0.461 e. The summed E-state index contributed by atoms with van der Waals surface area (Å²) in [7, 11) is 0. The molecule has 66 valence electrons. The highest BCUT2D eigenvalue weighted by Gasteiger charge is 2.13. The molecule has 1 rings (SSSR count). The van der Waals surface area contributed by atoms with Crippen LogP contribution in [0.3, 0.4) is 0 Å². The van der Waals surface area contributed by atoms with Crippen LogP contribution in [0, 0.1) is 0 Å². The molecule has 0 saturated carbocycles. The van der Waals surface area contributed by atoms with E-state index in [9.17, 15) is 4.79 Å². The first-order valence-electron chi connectivity index (χ1n) is 3.59. The fourth-order valence-corrected chi connectivity index (χ4v) is 1.41. The molecule has 2 N–H and O–H groups in total. The van der Waals surface area contributed by atoms with Gasteiger partial charge in [-0.05, 0) is 6.92 Å². The molecule has 0 spiro atoms. The summed E-state index contributed by atoms with van der Waals surface area (Å²) in [4.78, 5) is 15.8. The van der Waals surface area contributed by atoms with Crippen LogP contribution < -0.4 is 5.73 Å². The number of thiazole rings is 1. The van der Waals surface area contributed by atoms with Crippen molar-refractivity contribution in [2.45, 2.75) is 13.5 Å². The van der Waals surface area contributed by atoms with Crippen LogP contribution in [0.1, 0.15) is 22.3 Å². The SMILES string of the molecule is CCOC(=O)c1ncsc1CN. The third kappa shape index (κ3) is 1.80. The molecule has 5 heteroatoms. The Kier molecular flexibility index (Phi) is 3.19. The van der Waals surface area contributed by atoms with Crippen LogP contribution in [0.25, 0.3) is 0 Å². The molecule has 0 bridgehead atoms. The number of hydrogen-bond acceptors (Lipinski definition) is 5. The summed E-state index contributed by atoms with van der Waals surface area (Å²) in [6, 6.07) is 0. The van der Waals surface area contributed by atoms with Gasteiger partial charge in [0.1, 0.15) is 0 Å². The first-order chi connectivity index (χ1) is 5.79. The number of rotatable bonds is 3. The van der Waals surface area contributed by atoms with Gasteiger partial charge in [0, 0.05) is 6.54 Å². The molecule has 1 heterocycles. The molecule has 0 aliphatic carbocycles. The Balaban J connectivity index is 2.79. The van der Waals surface area contributed by atoms with E-state index < -0.39 is 0 Å². The Morgan fingerprint density at radius 1 is 1.83 bits per heavy atom. The minimum Gasteiger partial charge on any atom is -0.461 e. The first kappa shape index (κ1) is 9.15. The lowest BCUT2D eigenvalue weighted by Gasteiger charge is -1.99. The van der Waals surface area contributed by atoms with Gasteiger partial charge in [-0.3, -0.25) is 0 Å². The van der Waals surface area contributed by atoms with Crippen LogP contribution in [0.4, 0.5) is 0 Å². The molecule has 0 saturated heterocycles. The molecule has 0 aliphatic rings. The normalized spacial score (nSPS) is 9.83. The number of nitrogens with zero attached hydrogens (tertiary/aromatic N) is 1. The van der Waals surface area contributed by atoms with E-state index >= 15 is 0 Å². The van der Waals surface area contributed by atoms with Crippen LogP contribution in [0.5, 0.6) is 0 Å². The zero-order chi connectivity index (χ0) is 8.97. The van der Waals surface area contributed by atoms with Crippen LogP contribution in [-0.4, -0.2) is 17.6 Å². The lowest BCUT2D eigenvalue weighted by atomic mass is 10.3. The number of hydrogen-bond donors (Lipinski definition) is 1. The second-order valence-corrected chi connectivity index (χ2v) is 2.99. The molecule has 0 atom stereocenters. The molecule has 1 aromatic rings. The lowest BCUT2D eigenvalue weighted by molar-refractivity contribution is 0.0519. The molecular formula is C7H10N2O2S. The summed E-state index contributed by atoms with van der Waals surface area (Å²) in [6.45, 7) is 2.45. The lowest BCUT2D eigenvalue weighted by Crippen LogP contribution is -2.09. The van der Waals surface area contributed by atoms with Crippen molar-refractivity contribution < 1.29 is 9.53 Å². The van der Waals surface area contributed by atoms with Crippen LogP contribution in [-0.2, 0) is 11.3 Å². The standard InChI is InChI=1S/C7H10N2O2S/c1-2-11-7(10)6-5(3-8)12-4-9-6/h4H,2-3,8H2,1H3. The zero-order valence-corrected chi connectivity index (χ0v) is 7.56. The van der Waals surface area contributed by atoms with Crippen molar-refractivity contribution in [3.8, 4) is 0 Å². The summed E-state index contributed by atoms with van der Waals surface area (Å²) >= 11 is 1.37. The predicted molar refractivity (Wildman–Crippen MR) is 46.0 cm³/mol. The molecule has 1 aromatic heterocycles. The van der Waals surface area contributed by atoms with Crippen LogP contribution >= 0.6 is 11.3 Å². The predicted octanol–water partition coefficient (Wildman–Crippen LogP) is 0.779. The summed E-state index contributed by atoms with van der Waals surface area (Å²) in [5, 5.41) is 0. The van der Waals surface area contributed by atoms with Gasteiger partial charge >= 0.3 is 5.97 Å². The van der Waals surface area contributed by atoms with E-state index in [4.69, 9.17) is 10.5 Å². The minimum atomic E-state index is -0.390. The van der Waals surface area contributed by atoms with E-state index in [2.05, 4.69) is 4.98 Å². The fourth-order valence-electron chi connectivity index (χ4n) is 0.781. The maximum absolute atomic E-state index is 11.2. The Hall–Kier alpha value is -0.940. The van der Waals surface area contributed by atoms with Crippen molar-refractivity contribution >= 4 is 17.3 Å². The third-order valence-corrected chi connectivity index (χ3v) is 2.15. The molecule has 0 amide bonds.